The number of aliphatic hydroxyl groups is 1. The molecule has 1 saturated heterocycles. The Morgan fingerprint density at radius 2 is 2.08 bits per heavy atom. The van der Waals surface area contributed by atoms with Crippen LogP contribution in [0.1, 0.15) is 27.2 Å². The Bertz CT molecular complexity index is 232. The average Bonchev–Trinajstić information content (AvgIpc) is 2.58. The average molecular weight is 168 g/mol. The molecule has 2 heteroatoms. The summed E-state index contributed by atoms with van der Waals surface area (Å²) in [6, 6.07) is 0. The second-order valence-corrected chi connectivity index (χ2v) is 4.79. The highest BCUT2D eigenvalue weighted by Gasteiger charge is 2.57. The highest BCUT2D eigenvalue weighted by atomic mass is 16.6. The molecule has 0 radical (unpaired) electrons. The lowest BCUT2D eigenvalue weighted by Gasteiger charge is -2.24. The van der Waals surface area contributed by atoms with Gasteiger partial charge in [0.15, 0.2) is 0 Å². The van der Waals surface area contributed by atoms with E-state index in [1.54, 1.807) is 0 Å². The van der Waals surface area contributed by atoms with Crippen molar-refractivity contribution in [2.45, 2.75) is 45.0 Å². The zero-order chi connectivity index (χ0) is 8.98. The van der Waals surface area contributed by atoms with Crippen molar-refractivity contribution in [3.05, 3.63) is 12.2 Å². The van der Waals surface area contributed by atoms with Crippen LogP contribution in [-0.4, -0.2) is 22.9 Å². The summed E-state index contributed by atoms with van der Waals surface area (Å²) in [5, 5.41) is 9.83. The molecular formula is C10H16O2. The fourth-order valence-corrected chi connectivity index (χ4v) is 1.85. The van der Waals surface area contributed by atoms with Crippen molar-refractivity contribution < 1.29 is 9.84 Å². The van der Waals surface area contributed by atoms with Gasteiger partial charge in [-0.3, -0.25) is 0 Å². The van der Waals surface area contributed by atoms with Gasteiger partial charge in [0.05, 0.1) is 6.10 Å². The molecular weight excluding hydrogens is 152 g/mol. The fraction of sp³-hybridized carbons (Fsp3) is 0.800. The first-order valence-electron chi connectivity index (χ1n) is 4.49. The maximum Gasteiger partial charge on any atom is 0.122 e. The first kappa shape index (κ1) is 8.27. The number of ether oxygens (including phenoxy) is 1. The Labute approximate surface area is 73.2 Å². The molecule has 0 aromatic rings. The van der Waals surface area contributed by atoms with Gasteiger partial charge in [0.25, 0.3) is 0 Å². The van der Waals surface area contributed by atoms with Gasteiger partial charge in [-0.25, -0.2) is 0 Å². The van der Waals surface area contributed by atoms with Crippen LogP contribution >= 0.6 is 0 Å². The van der Waals surface area contributed by atoms with Crippen molar-refractivity contribution in [3.8, 4) is 0 Å². The number of epoxide rings is 1. The van der Waals surface area contributed by atoms with Crippen LogP contribution in [0.5, 0.6) is 0 Å². The molecule has 0 aromatic heterocycles. The fourth-order valence-electron chi connectivity index (χ4n) is 1.85. The molecule has 0 spiro atoms. The van der Waals surface area contributed by atoms with Crippen LogP contribution in [0.25, 0.3) is 0 Å². The van der Waals surface area contributed by atoms with E-state index in [1.165, 1.54) is 0 Å². The number of aliphatic hydroxyl groups excluding tert-OH is 1. The monoisotopic (exact) mass is 168 g/mol. The van der Waals surface area contributed by atoms with Crippen molar-refractivity contribution in [1.82, 2.24) is 0 Å². The van der Waals surface area contributed by atoms with Gasteiger partial charge in [0.1, 0.15) is 11.7 Å². The quantitative estimate of drug-likeness (QED) is 0.439. The topological polar surface area (TPSA) is 32.8 Å². The summed E-state index contributed by atoms with van der Waals surface area (Å²) in [6.07, 6.45) is 4.84. The van der Waals surface area contributed by atoms with Crippen molar-refractivity contribution in [2.24, 2.45) is 5.41 Å². The highest BCUT2D eigenvalue weighted by Crippen LogP contribution is 2.46. The minimum atomic E-state index is -0.326. The van der Waals surface area contributed by atoms with Gasteiger partial charge < -0.3 is 9.84 Å². The van der Waals surface area contributed by atoms with Gasteiger partial charge in [-0.1, -0.05) is 26.0 Å². The van der Waals surface area contributed by atoms with Crippen molar-refractivity contribution in [1.29, 1.82) is 0 Å². The lowest BCUT2D eigenvalue weighted by molar-refractivity contribution is 0.0557. The first-order valence-corrected chi connectivity index (χ1v) is 4.49. The van der Waals surface area contributed by atoms with Crippen LogP contribution < -0.4 is 0 Å². The van der Waals surface area contributed by atoms with Gasteiger partial charge in [-0.05, 0) is 18.8 Å². The van der Waals surface area contributed by atoms with E-state index >= 15 is 0 Å². The molecule has 1 N–H and O–H groups in total. The SMILES string of the molecule is CC1(C)C=CC2OC2(C)C(O)C1. The molecule has 0 saturated carbocycles. The lowest BCUT2D eigenvalue weighted by atomic mass is 9.85. The van der Waals surface area contributed by atoms with E-state index < -0.39 is 0 Å². The zero-order valence-electron chi connectivity index (χ0n) is 7.87. The zero-order valence-corrected chi connectivity index (χ0v) is 7.87. The molecule has 0 aromatic carbocycles. The molecule has 0 amide bonds. The van der Waals surface area contributed by atoms with Gasteiger partial charge in [-0.2, -0.15) is 0 Å². The maximum atomic E-state index is 9.83. The first-order chi connectivity index (χ1) is 5.44. The summed E-state index contributed by atoms with van der Waals surface area (Å²) in [5.41, 5.74) is -0.177. The number of fused-ring (bicyclic) bond motifs is 1. The molecule has 2 nitrogen and oxygen atoms in total. The molecule has 1 fully saturated rings. The summed E-state index contributed by atoms with van der Waals surface area (Å²) in [7, 11) is 0. The van der Waals surface area contributed by atoms with Gasteiger partial charge in [0, 0.05) is 0 Å². The van der Waals surface area contributed by atoms with Crippen LogP contribution in [0.2, 0.25) is 0 Å². The smallest absolute Gasteiger partial charge is 0.122 e. The highest BCUT2D eigenvalue weighted by molar-refractivity contribution is 5.20. The van der Waals surface area contributed by atoms with Gasteiger partial charge in [-0.15, -0.1) is 0 Å². The number of hydrogen-bond donors (Lipinski definition) is 1. The minimum absolute atomic E-state index is 0.110. The molecule has 2 rings (SSSR count). The Balaban J connectivity index is 2.23. The van der Waals surface area contributed by atoms with E-state index in [4.69, 9.17) is 4.74 Å². The molecule has 68 valence electrons. The number of hydrogen-bond acceptors (Lipinski definition) is 2. The summed E-state index contributed by atoms with van der Waals surface area (Å²) in [6.45, 7) is 6.26. The van der Waals surface area contributed by atoms with Gasteiger partial charge in [0.2, 0.25) is 0 Å². The third-order valence-electron chi connectivity index (χ3n) is 2.99. The van der Waals surface area contributed by atoms with Gasteiger partial charge >= 0.3 is 0 Å². The van der Waals surface area contributed by atoms with Crippen LogP contribution in [0.3, 0.4) is 0 Å². The Morgan fingerprint density at radius 3 is 2.75 bits per heavy atom. The van der Waals surface area contributed by atoms with Crippen LogP contribution in [0, 0.1) is 5.41 Å². The van der Waals surface area contributed by atoms with E-state index in [9.17, 15) is 5.11 Å². The number of rotatable bonds is 0. The molecule has 1 aliphatic heterocycles. The van der Waals surface area contributed by atoms with E-state index in [0.29, 0.717) is 0 Å². The summed E-state index contributed by atoms with van der Waals surface area (Å²) >= 11 is 0. The van der Waals surface area contributed by atoms with Crippen LogP contribution in [-0.2, 0) is 4.74 Å². The van der Waals surface area contributed by atoms with Crippen LogP contribution in [0.4, 0.5) is 0 Å². The van der Waals surface area contributed by atoms with E-state index in [1.807, 2.05) is 6.92 Å². The Kier molecular flexibility index (Phi) is 1.46. The molecule has 12 heavy (non-hydrogen) atoms. The Morgan fingerprint density at radius 1 is 1.42 bits per heavy atom. The largest absolute Gasteiger partial charge is 0.390 e. The van der Waals surface area contributed by atoms with E-state index in [2.05, 4.69) is 26.0 Å². The summed E-state index contributed by atoms with van der Waals surface area (Å²) in [5.74, 6) is 0. The minimum Gasteiger partial charge on any atom is -0.390 e. The molecule has 1 heterocycles. The predicted molar refractivity (Wildman–Crippen MR) is 46.8 cm³/mol. The molecule has 0 bridgehead atoms. The van der Waals surface area contributed by atoms with Crippen molar-refractivity contribution >= 4 is 0 Å². The number of allylic oxidation sites excluding steroid dienone is 1. The van der Waals surface area contributed by atoms with Crippen molar-refractivity contribution in [3.63, 3.8) is 0 Å². The summed E-state index contributed by atoms with van der Waals surface area (Å²) in [4.78, 5) is 0. The molecule has 2 aliphatic rings. The lowest BCUT2D eigenvalue weighted by Crippen LogP contribution is -2.31. The van der Waals surface area contributed by atoms with E-state index in [-0.39, 0.29) is 23.2 Å². The normalized spacial score (nSPS) is 49.7. The molecule has 1 aliphatic carbocycles. The Hall–Kier alpha value is -0.340. The second kappa shape index (κ2) is 2.12. The predicted octanol–water partition coefficient (Wildman–Crippen LogP) is 1.49. The third-order valence-corrected chi connectivity index (χ3v) is 2.99. The molecule has 3 atom stereocenters. The standard InChI is InChI=1S/C10H16O2/c1-9(2)5-4-8-10(3,12-8)7(11)6-9/h4-5,7-8,11H,6H2,1-3H3. The molecule has 3 unspecified atom stereocenters. The van der Waals surface area contributed by atoms with E-state index in [0.717, 1.165) is 6.42 Å². The van der Waals surface area contributed by atoms with Crippen LogP contribution in [0.15, 0.2) is 12.2 Å². The van der Waals surface area contributed by atoms with Crippen molar-refractivity contribution in [2.75, 3.05) is 0 Å². The second-order valence-electron chi connectivity index (χ2n) is 4.79. The third kappa shape index (κ3) is 1.10. The maximum absolute atomic E-state index is 9.83. The summed E-state index contributed by atoms with van der Waals surface area (Å²) < 4.78 is 5.41.